The molecule has 0 unspecified atom stereocenters. The molecular formula is C23H24ClF2N5O. The van der Waals surface area contributed by atoms with E-state index in [0.29, 0.717) is 10.7 Å². The third-order valence-electron chi connectivity index (χ3n) is 5.85. The normalized spacial score (nSPS) is 20.1. The van der Waals surface area contributed by atoms with Gasteiger partial charge in [0.15, 0.2) is 0 Å². The molecule has 1 amide bonds. The molecule has 168 valence electrons. The number of rotatable bonds is 5. The molecule has 2 N–H and O–H groups in total. The molecule has 0 bridgehead atoms. The van der Waals surface area contributed by atoms with Crippen LogP contribution in [0.5, 0.6) is 0 Å². The maximum Gasteiger partial charge on any atom is 0.267 e. The average Bonchev–Trinajstić information content (AvgIpc) is 3.14. The van der Waals surface area contributed by atoms with Gasteiger partial charge in [-0.1, -0.05) is 29.8 Å². The SMILES string of the molecule is N#CCNC(=O)[C@@H]1CC(F)(F)CN1c1cc(-c2ccc(N3CCNCC3)cc2)ccc1Cl. The molecule has 9 heteroatoms. The number of carbonyl (C=O) groups is 1. The van der Waals surface area contributed by atoms with Crippen molar-refractivity contribution < 1.29 is 13.6 Å². The number of nitrogens with one attached hydrogen (secondary N) is 2. The second-order valence-corrected chi connectivity index (χ2v) is 8.44. The number of carbonyl (C=O) groups excluding carboxylic acids is 1. The molecule has 32 heavy (non-hydrogen) atoms. The number of benzene rings is 2. The molecule has 2 fully saturated rings. The lowest BCUT2D eigenvalue weighted by Gasteiger charge is -2.29. The van der Waals surface area contributed by atoms with Crippen molar-refractivity contribution >= 4 is 28.9 Å². The van der Waals surface area contributed by atoms with Gasteiger partial charge >= 0.3 is 0 Å². The maximum absolute atomic E-state index is 14.3. The topological polar surface area (TPSA) is 71.4 Å². The fourth-order valence-electron chi connectivity index (χ4n) is 4.25. The minimum absolute atomic E-state index is 0.234. The highest BCUT2D eigenvalue weighted by atomic mass is 35.5. The maximum atomic E-state index is 14.3. The van der Waals surface area contributed by atoms with Gasteiger partial charge in [0.1, 0.15) is 12.6 Å². The average molecular weight is 460 g/mol. The summed E-state index contributed by atoms with van der Waals surface area (Å²) in [6.45, 7) is 2.95. The van der Waals surface area contributed by atoms with E-state index >= 15 is 0 Å². The number of hydrogen-bond acceptors (Lipinski definition) is 5. The first kappa shape index (κ1) is 22.3. The second-order valence-electron chi connectivity index (χ2n) is 8.03. The molecule has 0 radical (unpaired) electrons. The van der Waals surface area contributed by atoms with Gasteiger partial charge in [-0.2, -0.15) is 5.26 Å². The molecule has 0 saturated carbocycles. The fraction of sp³-hybridized carbons (Fsp3) is 0.391. The Labute approximate surface area is 190 Å². The van der Waals surface area contributed by atoms with Gasteiger partial charge in [0.05, 0.1) is 23.3 Å². The first-order valence-corrected chi connectivity index (χ1v) is 10.9. The molecule has 2 aliphatic heterocycles. The Balaban J connectivity index is 1.60. The summed E-state index contributed by atoms with van der Waals surface area (Å²) >= 11 is 6.37. The lowest BCUT2D eigenvalue weighted by atomic mass is 10.0. The van der Waals surface area contributed by atoms with E-state index < -0.39 is 30.8 Å². The zero-order valence-corrected chi connectivity index (χ0v) is 18.2. The lowest BCUT2D eigenvalue weighted by Crippen LogP contribution is -2.43. The molecule has 2 heterocycles. The highest BCUT2D eigenvalue weighted by molar-refractivity contribution is 6.33. The van der Waals surface area contributed by atoms with E-state index in [1.165, 1.54) is 4.90 Å². The van der Waals surface area contributed by atoms with Crippen LogP contribution in [0.15, 0.2) is 42.5 Å². The Bertz CT molecular complexity index is 1020. The fourth-order valence-corrected chi connectivity index (χ4v) is 4.47. The van der Waals surface area contributed by atoms with Gasteiger partial charge in [-0.3, -0.25) is 4.79 Å². The Morgan fingerprint density at radius 1 is 1.19 bits per heavy atom. The Hall–Kier alpha value is -2.89. The number of piperazine rings is 1. The zero-order chi connectivity index (χ0) is 22.7. The summed E-state index contributed by atoms with van der Waals surface area (Å²) in [6, 6.07) is 14.1. The van der Waals surface area contributed by atoms with Gasteiger partial charge in [-0.05, 0) is 35.4 Å². The highest BCUT2D eigenvalue weighted by Crippen LogP contribution is 2.40. The molecular weight excluding hydrogens is 436 g/mol. The van der Waals surface area contributed by atoms with Gasteiger partial charge in [0.25, 0.3) is 5.92 Å². The lowest BCUT2D eigenvalue weighted by molar-refractivity contribution is -0.122. The van der Waals surface area contributed by atoms with Crippen LogP contribution in [-0.4, -0.2) is 57.1 Å². The van der Waals surface area contributed by atoms with Gasteiger partial charge in [-0.15, -0.1) is 0 Å². The van der Waals surface area contributed by atoms with Crippen LogP contribution in [-0.2, 0) is 4.79 Å². The number of anilines is 2. The number of halogens is 3. The first-order valence-electron chi connectivity index (χ1n) is 10.5. The van der Waals surface area contributed by atoms with Crippen molar-refractivity contribution in [3.8, 4) is 17.2 Å². The summed E-state index contributed by atoms with van der Waals surface area (Å²) in [4.78, 5) is 16.1. The summed E-state index contributed by atoms with van der Waals surface area (Å²) in [7, 11) is 0. The Morgan fingerprint density at radius 3 is 2.56 bits per heavy atom. The largest absolute Gasteiger partial charge is 0.369 e. The third-order valence-corrected chi connectivity index (χ3v) is 6.17. The third kappa shape index (κ3) is 4.79. The molecule has 1 atom stereocenters. The molecule has 2 aromatic carbocycles. The van der Waals surface area contributed by atoms with Crippen molar-refractivity contribution in [2.75, 3.05) is 49.1 Å². The second kappa shape index (κ2) is 9.31. The standard InChI is InChI=1S/C23H24ClF2N5O/c24-19-6-3-17(16-1-4-18(5-2-16)30-11-9-28-10-12-30)13-20(19)31-15-23(25,26)14-21(31)22(32)29-8-7-27/h1-6,13,21,28H,8-12,14-15H2,(H,29,32)/t21-/m0/s1. The summed E-state index contributed by atoms with van der Waals surface area (Å²) in [5, 5.41) is 14.7. The number of alkyl halides is 2. The monoisotopic (exact) mass is 459 g/mol. The molecule has 4 rings (SSSR count). The van der Waals surface area contributed by atoms with Gasteiger partial charge < -0.3 is 20.4 Å². The minimum atomic E-state index is -3.03. The summed E-state index contributed by atoms with van der Waals surface area (Å²) in [5.41, 5.74) is 3.27. The number of amides is 1. The van der Waals surface area contributed by atoms with E-state index in [9.17, 15) is 13.6 Å². The van der Waals surface area contributed by atoms with E-state index in [1.54, 1.807) is 18.2 Å². The van der Waals surface area contributed by atoms with Crippen molar-refractivity contribution in [1.29, 1.82) is 5.26 Å². The molecule has 2 aromatic rings. The van der Waals surface area contributed by atoms with Crippen molar-refractivity contribution in [2.24, 2.45) is 0 Å². The van der Waals surface area contributed by atoms with Crippen LogP contribution in [0, 0.1) is 11.3 Å². The minimum Gasteiger partial charge on any atom is -0.369 e. The van der Waals surface area contributed by atoms with Gasteiger partial charge in [0.2, 0.25) is 5.91 Å². The van der Waals surface area contributed by atoms with E-state index in [2.05, 4.69) is 27.7 Å². The van der Waals surface area contributed by atoms with Crippen molar-refractivity contribution in [3.63, 3.8) is 0 Å². The van der Waals surface area contributed by atoms with Crippen LogP contribution >= 0.6 is 11.6 Å². The van der Waals surface area contributed by atoms with Gasteiger partial charge in [0, 0.05) is 38.3 Å². The van der Waals surface area contributed by atoms with Crippen LogP contribution in [0.2, 0.25) is 5.02 Å². The highest BCUT2D eigenvalue weighted by Gasteiger charge is 2.48. The molecule has 6 nitrogen and oxygen atoms in total. The van der Waals surface area contributed by atoms with E-state index in [-0.39, 0.29) is 6.54 Å². The van der Waals surface area contributed by atoms with Crippen LogP contribution in [0.25, 0.3) is 11.1 Å². The molecule has 2 aliphatic rings. The molecule has 0 aromatic heterocycles. The predicted molar refractivity (Wildman–Crippen MR) is 121 cm³/mol. The van der Waals surface area contributed by atoms with Crippen LogP contribution in [0.4, 0.5) is 20.2 Å². The quantitative estimate of drug-likeness (QED) is 0.671. The first-order chi connectivity index (χ1) is 15.4. The van der Waals surface area contributed by atoms with Gasteiger partial charge in [-0.25, -0.2) is 8.78 Å². The molecule has 0 spiro atoms. The van der Waals surface area contributed by atoms with Crippen molar-refractivity contribution in [3.05, 3.63) is 47.5 Å². The van der Waals surface area contributed by atoms with E-state index in [4.69, 9.17) is 16.9 Å². The molecule has 0 aliphatic carbocycles. The summed E-state index contributed by atoms with van der Waals surface area (Å²) < 4.78 is 28.5. The van der Waals surface area contributed by atoms with E-state index in [0.717, 1.165) is 43.0 Å². The predicted octanol–water partition coefficient (Wildman–Crippen LogP) is 3.27. The van der Waals surface area contributed by atoms with Crippen LogP contribution < -0.4 is 20.4 Å². The zero-order valence-electron chi connectivity index (χ0n) is 17.5. The van der Waals surface area contributed by atoms with Crippen molar-refractivity contribution in [1.82, 2.24) is 10.6 Å². The Kier molecular flexibility index (Phi) is 6.49. The van der Waals surface area contributed by atoms with Crippen LogP contribution in [0.1, 0.15) is 6.42 Å². The number of nitriles is 1. The smallest absolute Gasteiger partial charge is 0.267 e. The number of nitrogens with zero attached hydrogens (tertiary/aromatic N) is 3. The summed E-state index contributed by atoms with van der Waals surface area (Å²) in [5.74, 6) is -3.63. The van der Waals surface area contributed by atoms with Crippen LogP contribution in [0.3, 0.4) is 0 Å². The molecule has 2 saturated heterocycles. The summed E-state index contributed by atoms with van der Waals surface area (Å²) in [6.07, 6.45) is -0.621. The Morgan fingerprint density at radius 2 is 1.88 bits per heavy atom. The van der Waals surface area contributed by atoms with Crippen molar-refractivity contribution in [2.45, 2.75) is 18.4 Å². The van der Waals surface area contributed by atoms with E-state index in [1.807, 2.05) is 18.2 Å². The number of hydrogen-bond donors (Lipinski definition) is 2.